The minimum Gasteiger partial charge on any atom is -0.485 e. The maximum atomic E-state index is 15.2. The van der Waals surface area contributed by atoms with Crippen molar-refractivity contribution in [3.8, 4) is 5.75 Å². The van der Waals surface area contributed by atoms with Crippen molar-refractivity contribution in [1.82, 2.24) is 4.98 Å². The molecule has 0 spiro atoms. The number of halogens is 1. The van der Waals surface area contributed by atoms with Crippen molar-refractivity contribution < 1.29 is 52.4 Å². The van der Waals surface area contributed by atoms with Gasteiger partial charge in [0.2, 0.25) is 0 Å². The van der Waals surface area contributed by atoms with Crippen LogP contribution in [0, 0.1) is 12.7 Å². The van der Waals surface area contributed by atoms with Gasteiger partial charge in [-0.25, -0.2) is 28.6 Å². The number of hydrogen-bond donors (Lipinski definition) is 3. The van der Waals surface area contributed by atoms with Crippen LogP contribution in [0.4, 0.5) is 36.0 Å². The molecule has 3 aromatic carbocycles. The highest BCUT2D eigenvalue weighted by molar-refractivity contribution is 6.14. The number of pyridine rings is 1. The third kappa shape index (κ3) is 11.8. The van der Waals surface area contributed by atoms with Gasteiger partial charge in [0.15, 0.2) is 23.4 Å². The Labute approximate surface area is 349 Å². The van der Waals surface area contributed by atoms with Gasteiger partial charge in [-0.05, 0) is 113 Å². The van der Waals surface area contributed by atoms with Crippen LogP contribution in [0.3, 0.4) is 0 Å². The summed E-state index contributed by atoms with van der Waals surface area (Å²) in [6.45, 7) is 16.7. The molecule has 4 aromatic rings. The number of imide groups is 1. The third-order valence-electron chi connectivity index (χ3n) is 9.35. The Bertz CT molecular complexity index is 2180. The minimum absolute atomic E-state index is 0.00697. The molecule has 1 aromatic heterocycles. The van der Waals surface area contributed by atoms with Gasteiger partial charge in [-0.3, -0.25) is 5.32 Å². The van der Waals surface area contributed by atoms with Gasteiger partial charge in [-0.15, -0.1) is 0 Å². The Hall–Kier alpha value is -5.96. The number of carboxylic acids is 1. The molecule has 1 saturated heterocycles. The van der Waals surface area contributed by atoms with Crippen molar-refractivity contribution in [1.29, 1.82) is 0 Å². The Balaban J connectivity index is 1.28. The van der Waals surface area contributed by atoms with Gasteiger partial charge in [0, 0.05) is 41.4 Å². The smallest absolute Gasteiger partial charge is 0.425 e. The number of carbonyl (C=O) groups excluding carboxylic acids is 3. The number of carbonyl (C=O) groups is 4. The molecule has 1 fully saturated rings. The van der Waals surface area contributed by atoms with E-state index in [2.05, 4.69) is 15.6 Å². The van der Waals surface area contributed by atoms with Crippen molar-refractivity contribution in [2.45, 2.75) is 111 Å². The number of nitrogens with zero attached hydrogens (tertiary/aromatic N) is 2. The molecule has 14 nitrogen and oxygen atoms in total. The fourth-order valence-electron chi connectivity index (χ4n) is 6.70. The number of aryl methyl sites for hydroxylation is 2. The number of carboxylic acid groups (broad SMARTS) is 1. The van der Waals surface area contributed by atoms with Crippen molar-refractivity contribution >= 4 is 52.2 Å². The topological polar surface area (TPSA) is 175 Å². The molecule has 0 aliphatic carbocycles. The predicted molar refractivity (Wildman–Crippen MR) is 226 cm³/mol. The van der Waals surface area contributed by atoms with E-state index in [0.29, 0.717) is 53.6 Å². The number of nitrogens with one attached hydrogen (secondary N) is 2. The van der Waals surface area contributed by atoms with Crippen LogP contribution in [-0.4, -0.2) is 71.5 Å². The summed E-state index contributed by atoms with van der Waals surface area (Å²) in [4.78, 5) is 57.2. The quantitative estimate of drug-likeness (QED) is 0.109. The van der Waals surface area contributed by atoms with Gasteiger partial charge in [-0.1, -0.05) is 38.5 Å². The Morgan fingerprint density at radius 1 is 0.967 bits per heavy atom. The summed E-state index contributed by atoms with van der Waals surface area (Å²) in [5.74, 6) is -1.80. The van der Waals surface area contributed by atoms with Crippen LogP contribution in [0.1, 0.15) is 102 Å². The van der Waals surface area contributed by atoms with E-state index in [1.807, 2.05) is 20.8 Å². The molecule has 2 heterocycles. The molecule has 1 aliphatic rings. The van der Waals surface area contributed by atoms with Gasteiger partial charge in [-0.2, -0.15) is 4.90 Å². The number of amides is 3. The van der Waals surface area contributed by atoms with Crippen LogP contribution < -0.4 is 20.3 Å². The summed E-state index contributed by atoms with van der Waals surface area (Å²) in [6.07, 6.45) is 0.527. The molecule has 1 unspecified atom stereocenters. The highest BCUT2D eigenvalue weighted by Gasteiger charge is 2.35. The lowest BCUT2D eigenvalue weighted by Crippen LogP contribution is -2.44. The van der Waals surface area contributed by atoms with Gasteiger partial charge in [0.1, 0.15) is 17.3 Å². The number of hydrogen-bond acceptors (Lipinski definition) is 11. The summed E-state index contributed by atoms with van der Waals surface area (Å²) < 4.78 is 43.0. The van der Waals surface area contributed by atoms with Gasteiger partial charge >= 0.3 is 24.2 Å². The van der Waals surface area contributed by atoms with Crippen LogP contribution in [0.25, 0.3) is 10.8 Å². The SMILES string of the molecule is CCCc1cc(NC(=O)OC[C@H](C)c2ccc(C(Nc3ccc4c(N(C(=O)OC(C)(C)C)C(=O)OC(C)(C)C)nccc4c3)C(=O)O)cc2C)cc(F)c1O[C@@H]1CCOC1. The lowest BCUT2D eigenvalue weighted by molar-refractivity contribution is -0.138. The maximum absolute atomic E-state index is 15.2. The highest BCUT2D eigenvalue weighted by atomic mass is 19.1. The molecular weight excluding hydrogens is 776 g/mol. The highest BCUT2D eigenvalue weighted by Crippen LogP contribution is 2.33. The summed E-state index contributed by atoms with van der Waals surface area (Å²) in [6, 6.07) is 13.6. The molecule has 15 heteroatoms. The van der Waals surface area contributed by atoms with E-state index in [0.717, 1.165) is 22.4 Å². The van der Waals surface area contributed by atoms with Crippen molar-refractivity contribution in [2.75, 3.05) is 35.4 Å². The first-order chi connectivity index (χ1) is 28.2. The van der Waals surface area contributed by atoms with E-state index in [9.17, 15) is 24.3 Å². The number of benzene rings is 3. The molecule has 3 atom stereocenters. The number of ether oxygens (including phenoxy) is 5. The fourth-order valence-corrected chi connectivity index (χ4v) is 6.70. The molecule has 3 N–H and O–H groups in total. The molecule has 60 heavy (non-hydrogen) atoms. The van der Waals surface area contributed by atoms with Crippen LogP contribution >= 0.6 is 0 Å². The average Bonchev–Trinajstić information content (AvgIpc) is 3.66. The van der Waals surface area contributed by atoms with E-state index in [1.54, 1.807) is 90.1 Å². The van der Waals surface area contributed by atoms with Crippen molar-refractivity contribution in [2.24, 2.45) is 0 Å². The molecule has 322 valence electrons. The van der Waals surface area contributed by atoms with Crippen LogP contribution in [-0.2, 0) is 30.2 Å². The second kappa shape index (κ2) is 19.0. The summed E-state index contributed by atoms with van der Waals surface area (Å²) in [5.41, 5.74) is 1.62. The van der Waals surface area contributed by atoms with Gasteiger partial charge in [0.25, 0.3) is 0 Å². The second-order valence-corrected chi connectivity index (χ2v) is 16.8. The second-order valence-electron chi connectivity index (χ2n) is 16.8. The largest absolute Gasteiger partial charge is 0.485 e. The molecule has 1 aliphatic heterocycles. The van der Waals surface area contributed by atoms with E-state index in [1.165, 1.54) is 12.3 Å². The van der Waals surface area contributed by atoms with E-state index < -0.39 is 47.3 Å². The number of aliphatic carboxylic acids is 1. The number of fused-ring (bicyclic) bond motifs is 1. The van der Waals surface area contributed by atoms with Crippen molar-refractivity contribution in [3.05, 3.63) is 88.9 Å². The van der Waals surface area contributed by atoms with Crippen LogP contribution in [0.5, 0.6) is 5.75 Å². The third-order valence-corrected chi connectivity index (χ3v) is 9.35. The summed E-state index contributed by atoms with van der Waals surface area (Å²) in [5, 5.41) is 17.0. The van der Waals surface area contributed by atoms with Crippen LogP contribution in [0.2, 0.25) is 0 Å². The molecular formula is C45H55FN4O10. The first-order valence-corrected chi connectivity index (χ1v) is 20.0. The standard InChI is InChI=1S/C45H55FN4O10/c1-10-11-30-22-32(23-36(46)38(30)58-33-17-19-56-25-33)49-41(53)57-24-27(3)34-14-12-29(20-26(34)2)37(40(51)52)48-31-13-15-35-28(21-31)16-18-47-39(35)50(42(54)59-44(4,5)6)43(55)60-45(7,8)9/h12-16,18,20-23,27,33,37,48H,10-11,17,19,24-25H2,1-9H3,(H,49,53)(H,51,52)/t27-,33+,37?/m0/s1. The fraction of sp³-hybridized carbons (Fsp3) is 0.444. The zero-order valence-corrected chi connectivity index (χ0v) is 35.6. The minimum atomic E-state index is -1.16. The Morgan fingerprint density at radius 3 is 2.27 bits per heavy atom. The van der Waals surface area contributed by atoms with E-state index in [-0.39, 0.29) is 35.9 Å². The molecule has 0 bridgehead atoms. The average molecular weight is 831 g/mol. The zero-order valence-electron chi connectivity index (χ0n) is 35.6. The van der Waals surface area contributed by atoms with Gasteiger partial charge in [0.05, 0.1) is 19.8 Å². The van der Waals surface area contributed by atoms with Crippen LogP contribution in [0.15, 0.2) is 60.8 Å². The molecule has 5 rings (SSSR count). The van der Waals surface area contributed by atoms with Crippen molar-refractivity contribution in [3.63, 3.8) is 0 Å². The van der Waals surface area contributed by atoms with E-state index in [4.69, 9.17) is 23.7 Å². The first-order valence-electron chi connectivity index (χ1n) is 20.0. The lowest BCUT2D eigenvalue weighted by Gasteiger charge is -2.28. The molecule has 0 radical (unpaired) electrons. The normalized spacial score (nSPS) is 15.1. The molecule has 3 amide bonds. The maximum Gasteiger partial charge on any atom is 0.425 e. The number of anilines is 3. The first kappa shape index (κ1) is 45.1. The Morgan fingerprint density at radius 2 is 1.67 bits per heavy atom. The molecule has 0 saturated carbocycles. The number of rotatable bonds is 13. The number of aromatic nitrogens is 1. The van der Waals surface area contributed by atoms with Gasteiger partial charge < -0.3 is 34.1 Å². The van der Waals surface area contributed by atoms with E-state index >= 15 is 4.39 Å². The summed E-state index contributed by atoms with van der Waals surface area (Å²) >= 11 is 0. The zero-order chi connectivity index (χ0) is 43.9. The predicted octanol–water partition coefficient (Wildman–Crippen LogP) is 10.1. The lowest BCUT2D eigenvalue weighted by atomic mass is 9.93. The Kier molecular flexibility index (Phi) is 14.3. The monoisotopic (exact) mass is 830 g/mol. The summed E-state index contributed by atoms with van der Waals surface area (Å²) in [7, 11) is 0.